The molecule has 3 aromatic heterocycles. The lowest BCUT2D eigenvalue weighted by Gasteiger charge is -2.45. The van der Waals surface area contributed by atoms with Gasteiger partial charge in [-0.2, -0.15) is 5.26 Å². The van der Waals surface area contributed by atoms with E-state index in [1.54, 1.807) is 42.8 Å². The van der Waals surface area contributed by atoms with Gasteiger partial charge in [0.1, 0.15) is 22.9 Å². The molecule has 1 fully saturated rings. The van der Waals surface area contributed by atoms with Crippen LogP contribution in [-0.2, 0) is 16.5 Å². The summed E-state index contributed by atoms with van der Waals surface area (Å²) in [5.74, 6) is -0.160. The first kappa shape index (κ1) is 32.0. The van der Waals surface area contributed by atoms with Crippen molar-refractivity contribution in [2.75, 3.05) is 42.8 Å². The molecule has 0 bridgehead atoms. The van der Waals surface area contributed by atoms with Crippen LogP contribution in [0, 0.1) is 11.3 Å². The second-order valence-corrected chi connectivity index (χ2v) is 12.2. The van der Waals surface area contributed by atoms with Gasteiger partial charge in [-0.25, -0.2) is 24.5 Å². The van der Waals surface area contributed by atoms with E-state index in [0.717, 1.165) is 11.2 Å². The number of esters is 1. The summed E-state index contributed by atoms with van der Waals surface area (Å²) in [4.78, 5) is 47.9. The zero-order valence-electron chi connectivity index (χ0n) is 27.2. The van der Waals surface area contributed by atoms with Gasteiger partial charge in [0, 0.05) is 39.1 Å². The number of benzene rings is 1. The highest BCUT2D eigenvalue weighted by Gasteiger charge is 2.36. The van der Waals surface area contributed by atoms with Crippen LogP contribution >= 0.6 is 0 Å². The van der Waals surface area contributed by atoms with Crippen molar-refractivity contribution in [2.24, 2.45) is 7.05 Å². The van der Waals surface area contributed by atoms with Crippen LogP contribution in [0.3, 0.4) is 0 Å². The number of piperazine rings is 1. The fourth-order valence-corrected chi connectivity index (χ4v) is 5.65. The second-order valence-electron chi connectivity index (χ2n) is 12.2. The van der Waals surface area contributed by atoms with E-state index < -0.39 is 11.6 Å². The maximum atomic E-state index is 13.0. The van der Waals surface area contributed by atoms with Gasteiger partial charge in [-0.15, -0.1) is 0 Å². The molecule has 1 aliphatic rings. The van der Waals surface area contributed by atoms with Crippen molar-refractivity contribution in [2.45, 2.75) is 52.3 Å². The van der Waals surface area contributed by atoms with Crippen LogP contribution in [0.2, 0.25) is 0 Å². The molecular weight excluding hydrogens is 588 g/mol. The summed E-state index contributed by atoms with van der Waals surface area (Å²) < 4.78 is 12.5. The molecule has 4 heterocycles. The SMILES string of the molecule is CNc1nc(Nc2ccc(N3C[C@@H](C)N(C(=O)OC(C)(C)C)[C@@H](C)C3)c(C#N)c2)c(C(=O)OC)nc1-c1cncc2c1ncn2C. The predicted octanol–water partition coefficient (Wildman–Crippen LogP) is 4.70. The van der Waals surface area contributed by atoms with E-state index in [1.165, 1.54) is 7.11 Å². The Morgan fingerprint density at radius 2 is 1.80 bits per heavy atom. The third-order valence-electron chi connectivity index (χ3n) is 7.65. The number of imidazole rings is 1. The van der Waals surface area contributed by atoms with E-state index in [4.69, 9.17) is 14.5 Å². The smallest absolute Gasteiger partial charge is 0.410 e. The number of amides is 1. The first-order valence-corrected chi connectivity index (χ1v) is 14.9. The number of carbonyl (C=O) groups is 2. The minimum atomic E-state index is -0.692. The lowest BCUT2D eigenvalue weighted by atomic mass is 10.1. The Bertz CT molecular complexity index is 1830. The number of pyridine rings is 1. The zero-order valence-corrected chi connectivity index (χ0v) is 27.2. The van der Waals surface area contributed by atoms with Gasteiger partial charge in [-0.3, -0.25) is 9.88 Å². The Morgan fingerprint density at radius 1 is 1.09 bits per heavy atom. The summed E-state index contributed by atoms with van der Waals surface area (Å²) in [6.45, 7) is 10.5. The Labute approximate surface area is 267 Å². The van der Waals surface area contributed by atoms with E-state index in [2.05, 4.69) is 36.6 Å². The molecule has 2 atom stereocenters. The quantitative estimate of drug-likeness (QED) is 0.284. The highest BCUT2D eigenvalue weighted by molar-refractivity contribution is 5.98. The number of ether oxygens (including phenoxy) is 2. The molecular formula is C32H38N10O4. The molecule has 0 unspecified atom stereocenters. The summed E-state index contributed by atoms with van der Waals surface area (Å²) in [5, 5.41) is 16.4. The van der Waals surface area contributed by atoms with Crippen molar-refractivity contribution in [3.63, 3.8) is 0 Å². The maximum Gasteiger partial charge on any atom is 0.410 e. The van der Waals surface area contributed by atoms with Gasteiger partial charge < -0.3 is 29.6 Å². The van der Waals surface area contributed by atoms with Crippen molar-refractivity contribution < 1.29 is 19.1 Å². The monoisotopic (exact) mass is 626 g/mol. The fraction of sp³-hybridized carbons (Fsp3) is 0.406. The number of nitrogens with zero attached hydrogens (tertiary/aromatic N) is 8. The average molecular weight is 627 g/mol. The van der Waals surface area contributed by atoms with Crippen LogP contribution in [0.1, 0.15) is 50.7 Å². The van der Waals surface area contributed by atoms with E-state index in [0.29, 0.717) is 46.9 Å². The highest BCUT2D eigenvalue weighted by atomic mass is 16.6. The van der Waals surface area contributed by atoms with Crippen LogP contribution in [0.25, 0.3) is 22.3 Å². The molecule has 1 aliphatic heterocycles. The third-order valence-corrected chi connectivity index (χ3v) is 7.65. The van der Waals surface area contributed by atoms with Crippen LogP contribution in [-0.4, -0.2) is 86.4 Å². The van der Waals surface area contributed by atoms with Gasteiger partial charge in [0.05, 0.1) is 54.0 Å². The number of fused-ring (bicyclic) bond motifs is 1. The van der Waals surface area contributed by atoms with Crippen molar-refractivity contribution >= 4 is 46.1 Å². The van der Waals surface area contributed by atoms with E-state index >= 15 is 0 Å². The average Bonchev–Trinajstić information content (AvgIpc) is 3.39. The Hall–Kier alpha value is -5.45. The van der Waals surface area contributed by atoms with Gasteiger partial charge in [-0.05, 0) is 52.8 Å². The molecule has 14 heteroatoms. The van der Waals surface area contributed by atoms with E-state index in [1.807, 2.05) is 52.3 Å². The van der Waals surface area contributed by atoms with Crippen LogP contribution in [0.4, 0.5) is 27.8 Å². The topological polar surface area (TPSA) is 163 Å². The molecule has 0 aliphatic carbocycles. The maximum absolute atomic E-state index is 13.0. The molecule has 5 rings (SSSR count). The van der Waals surface area contributed by atoms with Crippen LogP contribution in [0.15, 0.2) is 36.9 Å². The standard InChI is InChI=1S/C32H38N10O4/c1-18-15-41(16-19(2)42(18)31(44)46-32(3,4)5)23-10-9-21(11-20(23)12-33)37-29-27(30(43)45-8)38-26(28(34-6)39-29)22-13-35-14-24-25(22)36-17-40(24)7/h9-11,13-14,17-19H,15-16H2,1-8H3,(H2,34,37,39)/t18-,19+. The van der Waals surface area contributed by atoms with Gasteiger partial charge in [0.25, 0.3) is 0 Å². The molecule has 1 aromatic carbocycles. The lowest BCUT2D eigenvalue weighted by molar-refractivity contribution is 0.00564. The molecule has 46 heavy (non-hydrogen) atoms. The lowest BCUT2D eigenvalue weighted by Crippen LogP contribution is -2.59. The minimum Gasteiger partial charge on any atom is -0.464 e. The molecule has 0 saturated carbocycles. The van der Waals surface area contributed by atoms with Crippen molar-refractivity contribution in [3.8, 4) is 17.3 Å². The molecule has 1 saturated heterocycles. The molecule has 1 amide bonds. The number of rotatable bonds is 6. The Balaban J connectivity index is 1.46. The number of hydrogen-bond acceptors (Lipinski definition) is 12. The zero-order chi connectivity index (χ0) is 33.3. The first-order valence-electron chi connectivity index (χ1n) is 14.9. The summed E-state index contributed by atoms with van der Waals surface area (Å²) in [7, 11) is 4.84. The van der Waals surface area contributed by atoms with Gasteiger partial charge in [0.2, 0.25) is 0 Å². The molecule has 2 N–H and O–H groups in total. The summed E-state index contributed by atoms with van der Waals surface area (Å²) >= 11 is 0. The summed E-state index contributed by atoms with van der Waals surface area (Å²) in [5.41, 5.74) is 3.46. The number of carbonyl (C=O) groups excluding carboxylic acids is 2. The predicted molar refractivity (Wildman–Crippen MR) is 174 cm³/mol. The third kappa shape index (κ3) is 6.21. The van der Waals surface area contributed by atoms with Gasteiger partial charge in [-0.1, -0.05) is 0 Å². The number of anilines is 4. The van der Waals surface area contributed by atoms with Crippen LogP contribution < -0.4 is 15.5 Å². The number of nitrogens with one attached hydrogen (secondary N) is 2. The number of aryl methyl sites for hydroxylation is 1. The van der Waals surface area contributed by atoms with Crippen molar-refractivity contribution in [3.05, 3.63) is 48.2 Å². The Morgan fingerprint density at radius 3 is 2.43 bits per heavy atom. The van der Waals surface area contributed by atoms with E-state index in [-0.39, 0.29) is 29.7 Å². The summed E-state index contributed by atoms with van der Waals surface area (Å²) in [6, 6.07) is 7.34. The minimum absolute atomic E-state index is 0.0482. The number of methoxy groups -OCH3 is 1. The molecule has 240 valence electrons. The number of nitriles is 1. The van der Waals surface area contributed by atoms with Crippen molar-refractivity contribution in [1.29, 1.82) is 5.26 Å². The number of hydrogen-bond donors (Lipinski definition) is 2. The Kier molecular flexibility index (Phi) is 8.69. The van der Waals surface area contributed by atoms with E-state index in [9.17, 15) is 14.9 Å². The number of aromatic nitrogens is 5. The molecule has 4 aromatic rings. The van der Waals surface area contributed by atoms with Gasteiger partial charge >= 0.3 is 12.1 Å². The molecule has 0 radical (unpaired) electrons. The molecule has 0 spiro atoms. The van der Waals surface area contributed by atoms with Crippen LogP contribution in [0.5, 0.6) is 0 Å². The normalized spacial score (nSPS) is 16.6. The molecule has 14 nitrogen and oxygen atoms in total. The second kappa shape index (κ2) is 12.5. The fourth-order valence-electron chi connectivity index (χ4n) is 5.65. The highest BCUT2D eigenvalue weighted by Crippen LogP contribution is 2.34. The summed E-state index contributed by atoms with van der Waals surface area (Å²) in [6.07, 6.45) is 4.66. The van der Waals surface area contributed by atoms with Crippen molar-refractivity contribution in [1.82, 2.24) is 29.4 Å². The van der Waals surface area contributed by atoms with Gasteiger partial charge in [0.15, 0.2) is 17.3 Å². The largest absolute Gasteiger partial charge is 0.464 e. The first-order chi connectivity index (χ1) is 21.8.